The van der Waals surface area contributed by atoms with E-state index in [0.717, 1.165) is 25.3 Å². The molecule has 0 N–H and O–H groups in total. The maximum atomic E-state index is 12.5. The number of nitrogens with zero attached hydrogens (tertiary/aromatic N) is 3. The van der Waals surface area contributed by atoms with Gasteiger partial charge in [0.05, 0.1) is 12.1 Å². The molecule has 1 aliphatic rings. The Labute approximate surface area is 152 Å². The van der Waals surface area contributed by atoms with Crippen LogP contribution >= 0.6 is 23.2 Å². The van der Waals surface area contributed by atoms with Crippen LogP contribution in [0, 0.1) is 0 Å². The number of pyridine rings is 1. The summed E-state index contributed by atoms with van der Waals surface area (Å²) in [5.41, 5.74) is 1.77. The second-order valence-electron chi connectivity index (χ2n) is 5.85. The van der Waals surface area contributed by atoms with Gasteiger partial charge in [0.1, 0.15) is 0 Å². The number of carbonyl (C=O) groups is 1. The summed E-state index contributed by atoms with van der Waals surface area (Å²) in [5.74, 6) is 0.0717. The van der Waals surface area contributed by atoms with Crippen LogP contribution in [0.25, 0.3) is 0 Å². The molecule has 0 aliphatic carbocycles. The molecule has 6 heteroatoms. The zero-order chi connectivity index (χ0) is 16.9. The van der Waals surface area contributed by atoms with Gasteiger partial charge in [0, 0.05) is 49.0 Å². The van der Waals surface area contributed by atoms with Crippen molar-refractivity contribution in [2.24, 2.45) is 0 Å². The molecule has 24 heavy (non-hydrogen) atoms. The van der Waals surface area contributed by atoms with Gasteiger partial charge < -0.3 is 4.90 Å². The average Bonchev–Trinajstić information content (AvgIpc) is 2.60. The summed E-state index contributed by atoms with van der Waals surface area (Å²) in [6.45, 7) is 3.94. The number of amides is 1. The maximum Gasteiger partial charge on any atom is 0.227 e. The van der Waals surface area contributed by atoms with Crippen LogP contribution in [0.3, 0.4) is 0 Å². The monoisotopic (exact) mass is 363 g/mol. The predicted octanol–water partition coefficient (Wildman–Crippen LogP) is 3.28. The first-order chi connectivity index (χ1) is 11.6. The molecular formula is C18H19Cl2N3O. The third kappa shape index (κ3) is 4.26. The van der Waals surface area contributed by atoms with E-state index >= 15 is 0 Å². The van der Waals surface area contributed by atoms with Crippen LogP contribution in [-0.2, 0) is 17.8 Å². The van der Waals surface area contributed by atoms with Crippen molar-refractivity contribution >= 4 is 29.1 Å². The molecule has 1 aliphatic heterocycles. The van der Waals surface area contributed by atoms with Crippen molar-refractivity contribution < 1.29 is 4.79 Å². The highest BCUT2D eigenvalue weighted by atomic mass is 35.5. The van der Waals surface area contributed by atoms with Crippen LogP contribution in [-0.4, -0.2) is 46.9 Å². The Morgan fingerprint density at radius 1 is 1.00 bits per heavy atom. The van der Waals surface area contributed by atoms with Gasteiger partial charge >= 0.3 is 0 Å². The fourth-order valence-electron chi connectivity index (χ4n) is 2.84. The number of halogens is 2. The molecule has 2 aromatic rings. The highest BCUT2D eigenvalue weighted by Crippen LogP contribution is 2.25. The van der Waals surface area contributed by atoms with E-state index in [2.05, 4.69) is 9.88 Å². The van der Waals surface area contributed by atoms with E-state index in [0.29, 0.717) is 28.7 Å². The summed E-state index contributed by atoms with van der Waals surface area (Å²) >= 11 is 12.3. The zero-order valence-electron chi connectivity index (χ0n) is 13.3. The molecule has 0 bridgehead atoms. The molecule has 0 spiro atoms. The maximum absolute atomic E-state index is 12.5. The fourth-order valence-corrected chi connectivity index (χ4v) is 3.37. The molecule has 1 aromatic heterocycles. The number of rotatable bonds is 4. The van der Waals surface area contributed by atoms with Gasteiger partial charge in [-0.1, -0.05) is 35.3 Å². The molecule has 0 atom stereocenters. The summed E-state index contributed by atoms with van der Waals surface area (Å²) in [6, 6.07) is 11.3. The molecule has 2 heterocycles. The molecule has 1 aromatic carbocycles. The third-order valence-electron chi connectivity index (χ3n) is 4.23. The quantitative estimate of drug-likeness (QED) is 0.836. The molecule has 0 unspecified atom stereocenters. The van der Waals surface area contributed by atoms with E-state index in [-0.39, 0.29) is 12.3 Å². The number of aromatic nitrogens is 1. The van der Waals surface area contributed by atoms with Gasteiger partial charge in [-0.15, -0.1) is 0 Å². The summed E-state index contributed by atoms with van der Waals surface area (Å²) in [5, 5.41) is 1.09. The van der Waals surface area contributed by atoms with Crippen LogP contribution in [0.2, 0.25) is 10.0 Å². The van der Waals surface area contributed by atoms with Gasteiger partial charge in [-0.3, -0.25) is 14.7 Å². The van der Waals surface area contributed by atoms with Gasteiger partial charge in [-0.05, 0) is 29.8 Å². The van der Waals surface area contributed by atoms with E-state index in [9.17, 15) is 4.79 Å². The van der Waals surface area contributed by atoms with E-state index in [1.165, 1.54) is 0 Å². The summed E-state index contributed by atoms with van der Waals surface area (Å²) in [7, 11) is 0. The van der Waals surface area contributed by atoms with E-state index in [1.807, 2.05) is 29.3 Å². The molecule has 126 valence electrons. The fraction of sp³-hybridized carbons (Fsp3) is 0.333. The lowest BCUT2D eigenvalue weighted by Gasteiger charge is -2.34. The molecule has 3 rings (SSSR count). The van der Waals surface area contributed by atoms with Gasteiger partial charge in [0.2, 0.25) is 5.91 Å². The van der Waals surface area contributed by atoms with Crippen LogP contribution in [0.4, 0.5) is 0 Å². The first-order valence-corrected chi connectivity index (χ1v) is 8.72. The van der Waals surface area contributed by atoms with Crippen molar-refractivity contribution in [3.05, 3.63) is 63.9 Å². The number of carbonyl (C=O) groups excluding carboxylic acids is 1. The second kappa shape index (κ2) is 7.97. The number of benzene rings is 1. The Bertz CT molecular complexity index is 680. The van der Waals surface area contributed by atoms with Crippen molar-refractivity contribution in [3.8, 4) is 0 Å². The smallest absolute Gasteiger partial charge is 0.227 e. The summed E-state index contributed by atoms with van der Waals surface area (Å²) < 4.78 is 0. The van der Waals surface area contributed by atoms with Crippen LogP contribution in [0.5, 0.6) is 0 Å². The minimum Gasteiger partial charge on any atom is -0.340 e. The Kier molecular flexibility index (Phi) is 5.72. The molecule has 0 radical (unpaired) electrons. The van der Waals surface area contributed by atoms with E-state index < -0.39 is 0 Å². The normalized spacial score (nSPS) is 15.5. The standard InChI is InChI=1S/C18H19Cl2N3O/c19-16-5-3-6-17(20)15(16)12-18(24)23-10-8-22(9-11-23)13-14-4-1-2-7-21-14/h1-7H,8-13H2. The second-order valence-corrected chi connectivity index (χ2v) is 6.67. The van der Waals surface area contributed by atoms with Crippen LogP contribution in [0.15, 0.2) is 42.6 Å². The van der Waals surface area contributed by atoms with Crippen molar-refractivity contribution in [1.29, 1.82) is 0 Å². The first kappa shape index (κ1) is 17.2. The summed E-state index contributed by atoms with van der Waals surface area (Å²) in [4.78, 5) is 21.1. The van der Waals surface area contributed by atoms with Gasteiger partial charge in [-0.25, -0.2) is 0 Å². The number of hydrogen-bond acceptors (Lipinski definition) is 3. The lowest BCUT2D eigenvalue weighted by Crippen LogP contribution is -2.48. The third-order valence-corrected chi connectivity index (χ3v) is 4.93. The minimum absolute atomic E-state index is 0.0717. The van der Waals surface area contributed by atoms with Crippen molar-refractivity contribution in [2.75, 3.05) is 26.2 Å². The molecule has 1 amide bonds. The lowest BCUT2D eigenvalue weighted by molar-refractivity contribution is -0.132. The predicted molar refractivity (Wildman–Crippen MR) is 96.3 cm³/mol. The lowest BCUT2D eigenvalue weighted by atomic mass is 10.1. The minimum atomic E-state index is 0.0717. The Morgan fingerprint density at radius 3 is 2.33 bits per heavy atom. The molecule has 0 saturated carbocycles. The Morgan fingerprint density at radius 2 is 1.71 bits per heavy atom. The van der Waals surface area contributed by atoms with Crippen molar-refractivity contribution in [3.63, 3.8) is 0 Å². The Balaban J connectivity index is 1.54. The van der Waals surface area contributed by atoms with E-state index in [1.54, 1.807) is 18.2 Å². The SMILES string of the molecule is O=C(Cc1c(Cl)cccc1Cl)N1CCN(Cc2ccccn2)CC1. The molecular weight excluding hydrogens is 345 g/mol. The van der Waals surface area contributed by atoms with Crippen LogP contribution in [0.1, 0.15) is 11.3 Å². The number of hydrogen-bond donors (Lipinski definition) is 0. The zero-order valence-corrected chi connectivity index (χ0v) is 14.8. The average molecular weight is 364 g/mol. The summed E-state index contributed by atoms with van der Waals surface area (Å²) in [6.07, 6.45) is 2.06. The molecule has 4 nitrogen and oxygen atoms in total. The van der Waals surface area contributed by atoms with E-state index in [4.69, 9.17) is 23.2 Å². The molecule has 1 fully saturated rings. The van der Waals surface area contributed by atoms with Gasteiger partial charge in [0.15, 0.2) is 0 Å². The van der Waals surface area contributed by atoms with Crippen molar-refractivity contribution in [1.82, 2.24) is 14.8 Å². The topological polar surface area (TPSA) is 36.4 Å². The largest absolute Gasteiger partial charge is 0.340 e. The van der Waals surface area contributed by atoms with Gasteiger partial charge in [-0.2, -0.15) is 0 Å². The molecule has 1 saturated heterocycles. The van der Waals surface area contributed by atoms with Gasteiger partial charge in [0.25, 0.3) is 0 Å². The number of piperazine rings is 1. The van der Waals surface area contributed by atoms with Crippen molar-refractivity contribution in [2.45, 2.75) is 13.0 Å². The first-order valence-electron chi connectivity index (χ1n) is 7.96. The Hall–Kier alpha value is -1.62. The highest BCUT2D eigenvalue weighted by molar-refractivity contribution is 6.36. The highest BCUT2D eigenvalue weighted by Gasteiger charge is 2.22. The van der Waals surface area contributed by atoms with Crippen LogP contribution < -0.4 is 0 Å².